The van der Waals surface area contributed by atoms with Crippen molar-refractivity contribution in [3.05, 3.63) is 12.2 Å². The van der Waals surface area contributed by atoms with Crippen molar-refractivity contribution in [1.82, 2.24) is 25.0 Å². The van der Waals surface area contributed by atoms with Crippen LogP contribution in [0.4, 0.5) is 18.0 Å². The van der Waals surface area contributed by atoms with E-state index >= 15 is 0 Å². The van der Waals surface area contributed by atoms with Crippen molar-refractivity contribution in [1.29, 1.82) is 0 Å². The number of hydrogen-bond acceptors (Lipinski definition) is 3. The fraction of sp³-hybridized carbons (Fsp3) is 0.769. The smallest absolute Gasteiger partial charge is 0.329 e. The van der Waals surface area contributed by atoms with E-state index in [1.807, 2.05) is 9.88 Å². The van der Waals surface area contributed by atoms with Crippen LogP contribution in [0.3, 0.4) is 0 Å². The average molecular weight is 317 g/mol. The van der Waals surface area contributed by atoms with Crippen molar-refractivity contribution in [3.63, 3.8) is 0 Å². The zero-order chi connectivity index (χ0) is 15.7. The quantitative estimate of drug-likeness (QED) is 0.928. The molecule has 0 spiro atoms. The van der Waals surface area contributed by atoms with Crippen LogP contribution in [0.2, 0.25) is 0 Å². The molecule has 1 aliphatic heterocycles. The number of aromatic nitrogens is 3. The second kappa shape index (κ2) is 5.77. The predicted molar refractivity (Wildman–Crippen MR) is 71.3 cm³/mol. The second-order valence-electron chi connectivity index (χ2n) is 5.89. The van der Waals surface area contributed by atoms with Crippen LogP contribution < -0.4 is 5.32 Å². The Morgan fingerprint density at radius 2 is 2.14 bits per heavy atom. The number of alkyl halides is 3. The van der Waals surface area contributed by atoms with E-state index in [-0.39, 0.29) is 5.92 Å². The number of nitrogens with zero attached hydrogens (tertiary/aromatic N) is 4. The maximum atomic E-state index is 12.2. The van der Waals surface area contributed by atoms with Crippen LogP contribution in [0.5, 0.6) is 0 Å². The SMILES string of the molecule is O=C(NCC(F)(F)F)N1CCCC(c2nncn2C2CC2)C1. The lowest BCUT2D eigenvalue weighted by atomic mass is 9.97. The molecular formula is C13H18F3N5O. The molecule has 122 valence electrons. The van der Waals surface area contributed by atoms with Gasteiger partial charge in [0, 0.05) is 25.0 Å². The summed E-state index contributed by atoms with van der Waals surface area (Å²) in [7, 11) is 0. The molecule has 2 aliphatic rings. The first-order valence-corrected chi connectivity index (χ1v) is 7.43. The number of hydrogen-bond donors (Lipinski definition) is 1. The summed E-state index contributed by atoms with van der Waals surface area (Å²) in [6.07, 6.45) is 1.14. The fourth-order valence-electron chi connectivity index (χ4n) is 2.84. The Hall–Kier alpha value is -1.80. The Labute approximate surface area is 125 Å². The molecule has 1 aliphatic carbocycles. The highest BCUT2D eigenvalue weighted by molar-refractivity contribution is 5.74. The molecule has 0 aromatic carbocycles. The summed E-state index contributed by atoms with van der Waals surface area (Å²) in [4.78, 5) is 13.3. The molecule has 2 fully saturated rings. The summed E-state index contributed by atoms with van der Waals surface area (Å²) in [6.45, 7) is -0.446. The van der Waals surface area contributed by atoms with Crippen molar-refractivity contribution in [2.75, 3.05) is 19.6 Å². The third kappa shape index (κ3) is 3.50. The highest BCUT2D eigenvalue weighted by Gasteiger charge is 2.34. The topological polar surface area (TPSA) is 63.1 Å². The summed E-state index contributed by atoms with van der Waals surface area (Å²) < 4.78 is 38.6. The first-order chi connectivity index (χ1) is 10.4. The van der Waals surface area contributed by atoms with E-state index in [0.717, 1.165) is 31.5 Å². The number of urea groups is 1. The van der Waals surface area contributed by atoms with Gasteiger partial charge in [-0.1, -0.05) is 0 Å². The lowest BCUT2D eigenvalue weighted by Gasteiger charge is -2.32. The fourth-order valence-corrected chi connectivity index (χ4v) is 2.84. The third-order valence-corrected chi connectivity index (χ3v) is 4.05. The normalized spacial score (nSPS) is 22.7. The first-order valence-electron chi connectivity index (χ1n) is 7.43. The van der Waals surface area contributed by atoms with Gasteiger partial charge in [-0.15, -0.1) is 10.2 Å². The number of halogens is 3. The van der Waals surface area contributed by atoms with Gasteiger partial charge in [0.1, 0.15) is 18.7 Å². The lowest BCUT2D eigenvalue weighted by Crippen LogP contribution is -2.47. The van der Waals surface area contributed by atoms with Crippen LogP contribution in [-0.4, -0.2) is 51.5 Å². The maximum absolute atomic E-state index is 12.2. The van der Waals surface area contributed by atoms with Gasteiger partial charge < -0.3 is 14.8 Å². The van der Waals surface area contributed by atoms with Crippen molar-refractivity contribution in [3.8, 4) is 0 Å². The van der Waals surface area contributed by atoms with Crippen molar-refractivity contribution >= 4 is 6.03 Å². The van der Waals surface area contributed by atoms with Crippen molar-refractivity contribution in [2.24, 2.45) is 0 Å². The van der Waals surface area contributed by atoms with Crippen LogP contribution in [0, 0.1) is 0 Å². The predicted octanol–water partition coefficient (Wildman–Crippen LogP) is 2.06. The summed E-state index contributed by atoms with van der Waals surface area (Å²) in [6, 6.07) is -0.223. The number of carbonyl (C=O) groups excluding carboxylic acids is 1. The lowest BCUT2D eigenvalue weighted by molar-refractivity contribution is -0.123. The molecule has 1 saturated carbocycles. The number of likely N-dealkylation sites (tertiary alicyclic amines) is 1. The van der Waals surface area contributed by atoms with E-state index < -0.39 is 18.8 Å². The minimum absolute atomic E-state index is 0.0356. The highest BCUT2D eigenvalue weighted by atomic mass is 19.4. The van der Waals surface area contributed by atoms with Gasteiger partial charge in [0.25, 0.3) is 0 Å². The molecule has 1 unspecified atom stereocenters. The largest absolute Gasteiger partial charge is 0.405 e. The Balaban J connectivity index is 1.61. The second-order valence-corrected chi connectivity index (χ2v) is 5.89. The number of carbonyl (C=O) groups is 1. The summed E-state index contributed by atoms with van der Waals surface area (Å²) >= 11 is 0. The molecule has 1 N–H and O–H groups in total. The average Bonchev–Trinajstić information content (AvgIpc) is 3.21. The van der Waals surface area contributed by atoms with Crippen LogP contribution >= 0.6 is 0 Å². The van der Waals surface area contributed by atoms with E-state index in [2.05, 4.69) is 10.2 Å². The molecular weight excluding hydrogens is 299 g/mol. The minimum Gasteiger partial charge on any atom is -0.329 e. The van der Waals surface area contributed by atoms with Crippen LogP contribution in [0.15, 0.2) is 6.33 Å². The zero-order valence-electron chi connectivity index (χ0n) is 12.0. The molecule has 1 aromatic heterocycles. The molecule has 6 nitrogen and oxygen atoms in total. The van der Waals surface area contributed by atoms with E-state index in [1.165, 1.54) is 4.90 Å². The summed E-state index contributed by atoms with van der Waals surface area (Å²) in [5.41, 5.74) is 0. The van der Waals surface area contributed by atoms with Crippen LogP contribution in [0.25, 0.3) is 0 Å². The van der Waals surface area contributed by atoms with Gasteiger partial charge in [0.2, 0.25) is 0 Å². The van der Waals surface area contributed by atoms with Gasteiger partial charge >= 0.3 is 12.2 Å². The molecule has 9 heteroatoms. The zero-order valence-corrected chi connectivity index (χ0v) is 12.0. The molecule has 2 amide bonds. The number of piperidine rings is 1. The Bertz CT molecular complexity index is 540. The standard InChI is InChI=1S/C13H18F3N5O/c14-13(15,16)7-17-12(22)20-5-1-2-9(6-20)11-19-18-8-21(11)10-3-4-10/h8-10H,1-7H2,(H,17,22). The summed E-state index contributed by atoms with van der Waals surface area (Å²) in [5.74, 6) is 0.879. The molecule has 1 aromatic rings. The third-order valence-electron chi connectivity index (χ3n) is 4.05. The van der Waals surface area contributed by atoms with Crippen molar-refractivity contribution in [2.45, 2.75) is 43.8 Å². The Kier molecular flexibility index (Phi) is 3.96. The monoisotopic (exact) mass is 317 g/mol. The van der Waals surface area contributed by atoms with E-state index in [1.54, 1.807) is 6.33 Å². The first kappa shape index (κ1) is 15.1. The Morgan fingerprint density at radius 3 is 2.82 bits per heavy atom. The molecule has 1 saturated heterocycles. The van der Waals surface area contributed by atoms with Crippen molar-refractivity contribution < 1.29 is 18.0 Å². The minimum atomic E-state index is -4.39. The molecule has 3 rings (SSSR count). The Morgan fingerprint density at radius 1 is 1.36 bits per heavy atom. The van der Waals surface area contributed by atoms with Gasteiger partial charge in [0.05, 0.1) is 0 Å². The van der Waals surface area contributed by atoms with Crippen LogP contribution in [-0.2, 0) is 0 Å². The van der Waals surface area contributed by atoms with E-state index in [4.69, 9.17) is 0 Å². The summed E-state index contributed by atoms with van der Waals surface area (Å²) in [5, 5.41) is 10.0. The number of nitrogens with one attached hydrogen (secondary N) is 1. The van der Waals surface area contributed by atoms with Gasteiger partial charge in [-0.05, 0) is 25.7 Å². The number of amides is 2. The van der Waals surface area contributed by atoms with E-state index in [0.29, 0.717) is 19.1 Å². The molecule has 1 atom stereocenters. The van der Waals surface area contributed by atoms with Gasteiger partial charge in [-0.25, -0.2) is 4.79 Å². The van der Waals surface area contributed by atoms with Gasteiger partial charge in [-0.3, -0.25) is 0 Å². The highest BCUT2D eigenvalue weighted by Crippen LogP contribution is 2.38. The van der Waals surface area contributed by atoms with E-state index in [9.17, 15) is 18.0 Å². The molecule has 2 heterocycles. The molecule has 0 radical (unpaired) electrons. The maximum Gasteiger partial charge on any atom is 0.405 e. The van der Waals surface area contributed by atoms with Gasteiger partial charge in [0.15, 0.2) is 0 Å². The molecule has 22 heavy (non-hydrogen) atoms. The number of rotatable bonds is 3. The molecule has 0 bridgehead atoms. The van der Waals surface area contributed by atoms with Crippen LogP contribution in [0.1, 0.15) is 43.5 Å². The van der Waals surface area contributed by atoms with Gasteiger partial charge in [-0.2, -0.15) is 13.2 Å².